The largest absolute Gasteiger partial charge is 1.00 e. The molecule has 1 aliphatic carbocycles. The van der Waals surface area contributed by atoms with Gasteiger partial charge in [0, 0.05) is 0 Å². The molecule has 0 fully saturated rings. The number of allylic oxidation sites excluding steroid dienone is 4. The van der Waals surface area contributed by atoms with Crippen molar-refractivity contribution in [2.75, 3.05) is 0 Å². The fourth-order valence-electron chi connectivity index (χ4n) is 0.542. The fourth-order valence-corrected chi connectivity index (χ4v) is 0.542. The molecule has 0 unspecified atom stereocenters. The molecule has 0 aromatic carbocycles. The van der Waals surface area contributed by atoms with Crippen LogP contribution in [0.1, 0.15) is 14.3 Å². The van der Waals surface area contributed by atoms with Crippen molar-refractivity contribution < 1.29 is 1.43 Å². The first-order valence-corrected chi connectivity index (χ1v) is 2.32. The molecule has 0 spiro atoms. The molecule has 0 nitrogen and oxygen atoms in total. The van der Waals surface area contributed by atoms with Gasteiger partial charge in [0.05, 0.1) is 0 Å². The van der Waals surface area contributed by atoms with E-state index < -0.39 is 0 Å². The van der Waals surface area contributed by atoms with Crippen LogP contribution >= 0.6 is 0 Å². The second kappa shape index (κ2) is 1.81. The maximum Gasteiger partial charge on any atom is 1.00 e. The maximum atomic E-state index is 2.18. The van der Waals surface area contributed by atoms with E-state index in [4.69, 9.17) is 0 Å². The molecule has 0 heteroatoms. The van der Waals surface area contributed by atoms with Crippen LogP contribution in [0.4, 0.5) is 0 Å². The number of rotatable bonds is 0. The van der Waals surface area contributed by atoms with E-state index in [0.717, 1.165) is 0 Å². The Hall–Kier alpha value is -0.520. The molecule has 32 valence electrons. The van der Waals surface area contributed by atoms with Crippen molar-refractivity contribution in [1.29, 1.82) is 0 Å². The van der Waals surface area contributed by atoms with Gasteiger partial charge in [0.25, 0.3) is 0 Å². The third-order valence-corrected chi connectivity index (χ3v) is 0.883. The van der Waals surface area contributed by atoms with E-state index >= 15 is 0 Å². The minimum Gasteiger partial charge on any atom is -0.0842 e. The summed E-state index contributed by atoms with van der Waals surface area (Å²) in [6.07, 6.45) is 11.0. The summed E-state index contributed by atoms with van der Waals surface area (Å²) in [5.41, 5.74) is 0. The Morgan fingerprint density at radius 1 is 1.00 bits per heavy atom. The molecule has 0 radical (unpaired) electrons. The predicted molar refractivity (Wildman–Crippen MR) is 28.6 cm³/mol. The summed E-state index contributed by atoms with van der Waals surface area (Å²) in [7, 11) is 0. The summed E-state index contributed by atoms with van der Waals surface area (Å²) >= 11 is 0. The highest BCUT2D eigenvalue weighted by atomic mass is 13.8. The topological polar surface area (TPSA) is 0 Å². The van der Waals surface area contributed by atoms with Gasteiger partial charge in [-0.15, -0.1) is 0 Å². The standard InChI is InChI=1S/C6H8/c1-2-4-6-5-3-1/h1-4H,5-6H2/p+1. The van der Waals surface area contributed by atoms with Gasteiger partial charge in [0.2, 0.25) is 0 Å². The molecule has 0 bridgehead atoms. The van der Waals surface area contributed by atoms with Gasteiger partial charge in [-0.1, -0.05) is 24.3 Å². The highest BCUT2D eigenvalue weighted by Crippen LogP contribution is 1.98. The highest BCUT2D eigenvalue weighted by molar-refractivity contribution is 5.07. The molecule has 0 atom stereocenters. The van der Waals surface area contributed by atoms with Gasteiger partial charge in [-0.2, -0.15) is 0 Å². The molecule has 0 saturated carbocycles. The molecule has 0 N–H and O–H groups in total. The second-order valence-electron chi connectivity index (χ2n) is 1.43. The summed E-state index contributed by atoms with van der Waals surface area (Å²) in [5, 5.41) is 0. The van der Waals surface area contributed by atoms with Crippen molar-refractivity contribution in [1.82, 2.24) is 0 Å². The van der Waals surface area contributed by atoms with Crippen molar-refractivity contribution in [2.24, 2.45) is 0 Å². The molecular formula is C6H9+. The monoisotopic (exact) mass is 81.1 g/mol. The Morgan fingerprint density at radius 2 is 1.50 bits per heavy atom. The lowest BCUT2D eigenvalue weighted by Crippen LogP contribution is -1.67. The Labute approximate surface area is 39.7 Å². The molecule has 1 rings (SSSR count). The molecule has 0 aliphatic heterocycles. The van der Waals surface area contributed by atoms with Crippen molar-refractivity contribution >= 4 is 0 Å². The van der Waals surface area contributed by atoms with Gasteiger partial charge >= 0.3 is 1.43 Å². The quantitative estimate of drug-likeness (QED) is 0.418. The maximum absolute atomic E-state index is 2.18. The third-order valence-electron chi connectivity index (χ3n) is 0.883. The van der Waals surface area contributed by atoms with E-state index in [2.05, 4.69) is 24.3 Å². The minimum atomic E-state index is 0. The van der Waals surface area contributed by atoms with Crippen LogP contribution in [0, 0.1) is 0 Å². The van der Waals surface area contributed by atoms with Gasteiger partial charge < -0.3 is 0 Å². The van der Waals surface area contributed by atoms with Crippen molar-refractivity contribution in [2.45, 2.75) is 12.8 Å². The highest BCUT2D eigenvalue weighted by Gasteiger charge is 1.77. The summed E-state index contributed by atoms with van der Waals surface area (Å²) in [6.45, 7) is 0. The molecule has 0 aromatic heterocycles. The van der Waals surface area contributed by atoms with E-state index in [1.807, 2.05) is 0 Å². The lowest BCUT2D eigenvalue weighted by molar-refractivity contribution is 1.04. The van der Waals surface area contributed by atoms with Crippen LogP contribution in [0.3, 0.4) is 0 Å². The molecule has 1 aliphatic rings. The zero-order valence-electron chi connectivity index (χ0n) is 4.72. The van der Waals surface area contributed by atoms with Crippen LogP contribution < -0.4 is 0 Å². The first kappa shape index (κ1) is 3.66. The normalized spacial score (nSPS) is 18.7. The van der Waals surface area contributed by atoms with E-state index in [0.29, 0.717) is 0 Å². The zero-order valence-corrected chi connectivity index (χ0v) is 3.72. The summed E-state index contributed by atoms with van der Waals surface area (Å²) in [5.74, 6) is 0. The van der Waals surface area contributed by atoms with E-state index in [9.17, 15) is 0 Å². The Balaban J connectivity index is 0.000000360. The number of hydrogen-bond acceptors (Lipinski definition) is 0. The van der Waals surface area contributed by atoms with Gasteiger partial charge in [0.1, 0.15) is 0 Å². The molecule has 0 aromatic rings. The van der Waals surface area contributed by atoms with Crippen LogP contribution in [0.2, 0.25) is 0 Å². The molecule has 6 heavy (non-hydrogen) atoms. The molecular weight excluding hydrogens is 72.1 g/mol. The average molecular weight is 81.1 g/mol. The predicted octanol–water partition coefficient (Wildman–Crippen LogP) is 2.01. The molecule has 0 saturated heterocycles. The first-order valence-electron chi connectivity index (χ1n) is 2.32. The Morgan fingerprint density at radius 3 is 1.67 bits per heavy atom. The lowest BCUT2D eigenvalue weighted by Gasteiger charge is -1.88. The zero-order chi connectivity index (χ0) is 4.24. The first-order chi connectivity index (χ1) is 3.00. The van der Waals surface area contributed by atoms with E-state index in [-0.39, 0.29) is 1.43 Å². The SMILES string of the molecule is C1=CCCC=C1.[H+]. The van der Waals surface area contributed by atoms with Crippen molar-refractivity contribution in [3.05, 3.63) is 24.3 Å². The van der Waals surface area contributed by atoms with Gasteiger partial charge in [-0.3, -0.25) is 0 Å². The van der Waals surface area contributed by atoms with E-state index in [1.165, 1.54) is 12.8 Å². The fraction of sp³-hybridized carbons (Fsp3) is 0.333. The number of hydrogen-bond donors (Lipinski definition) is 0. The Kier molecular flexibility index (Phi) is 1.10. The lowest BCUT2D eigenvalue weighted by atomic mass is 10.2. The van der Waals surface area contributed by atoms with Crippen molar-refractivity contribution in [3.63, 3.8) is 0 Å². The smallest absolute Gasteiger partial charge is 0.0842 e. The van der Waals surface area contributed by atoms with Crippen LogP contribution in [0.5, 0.6) is 0 Å². The summed E-state index contributed by atoms with van der Waals surface area (Å²) in [4.78, 5) is 0. The van der Waals surface area contributed by atoms with Crippen LogP contribution in [0.15, 0.2) is 24.3 Å². The van der Waals surface area contributed by atoms with Gasteiger partial charge in [-0.25, -0.2) is 0 Å². The van der Waals surface area contributed by atoms with E-state index in [1.54, 1.807) is 0 Å². The van der Waals surface area contributed by atoms with Crippen molar-refractivity contribution in [3.8, 4) is 0 Å². The van der Waals surface area contributed by atoms with Crippen LogP contribution in [0.25, 0.3) is 0 Å². The van der Waals surface area contributed by atoms with Gasteiger partial charge in [-0.05, 0) is 12.8 Å². The molecule has 0 amide bonds. The van der Waals surface area contributed by atoms with Crippen LogP contribution in [-0.2, 0) is 0 Å². The minimum absolute atomic E-state index is 0. The van der Waals surface area contributed by atoms with Crippen LogP contribution in [-0.4, -0.2) is 0 Å². The molecule has 0 heterocycles. The summed E-state index contributed by atoms with van der Waals surface area (Å²) < 4.78 is 0. The summed E-state index contributed by atoms with van der Waals surface area (Å²) in [6, 6.07) is 0. The second-order valence-corrected chi connectivity index (χ2v) is 1.43. The Bertz CT molecular complexity index is 70.2. The third kappa shape index (κ3) is 0.713. The van der Waals surface area contributed by atoms with Gasteiger partial charge in [0.15, 0.2) is 0 Å². The average Bonchev–Trinajstić information content (AvgIpc) is 1.72.